The number of nitrogens with one attached hydrogen (secondary N) is 2. The molecule has 0 spiro atoms. The van der Waals surface area contributed by atoms with Crippen molar-refractivity contribution in [3.05, 3.63) is 59.7 Å². The van der Waals surface area contributed by atoms with Gasteiger partial charge in [0.2, 0.25) is 0 Å². The van der Waals surface area contributed by atoms with E-state index in [1.165, 1.54) is 18.2 Å². The van der Waals surface area contributed by atoms with Crippen LogP contribution in [0, 0.1) is 11.6 Å². The molecule has 0 saturated carbocycles. The zero-order valence-electron chi connectivity index (χ0n) is 18.0. The zero-order valence-corrected chi connectivity index (χ0v) is 18.0. The normalized spacial score (nSPS) is 16.5. The predicted octanol–water partition coefficient (Wildman–Crippen LogP) is 3.32. The summed E-state index contributed by atoms with van der Waals surface area (Å²) < 4.78 is 38.9. The molecule has 0 radical (unpaired) electrons. The number of para-hydroxylation sites is 1. The van der Waals surface area contributed by atoms with Gasteiger partial charge in [0.1, 0.15) is 23.1 Å². The fourth-order valence-corrected chi connectivity index (χ4v) is 3.58. The zero-order chi connectivity index (χ0) is 22.1. The molecule has 1 aliphatic heterocycles. The number of rotatable bonds is 9. The number of aliphatic imine (C=N–C) groups is 1. The largest absolute Gasteiger partial charge is 0.493 e. The molecular formula is C23H30F2N4O2. The molecule has 2 aromatic rings. The molecule has 1 unspecified atom stereocenters. The van der Waals surface area contributed by atoms with Crippen molar-refractivity contribution in [1.29, 1.82) is 0 Å². The van der Waals surface area contributed by atoms with Crippen LogP contribution in [0.15, 0.2) is 47.5 Å². The first kappa shape index (κ1) is 22.8. The Labute approximate surface area is 182 Å². The maximum absolute atomic E-state index is 14.1. The monoisotopic (exact) mass is 432 g/mol. The van der Waals surface area contributed by atoms with Gasteiger partial charge in [0.05, 0.1) is 6.61 Å². The molecule has 0 amide bonds. The van der Waals surface area contributed by atoms with E-state index in [0.29, 0.717) is 38.8 Å². The van der Waals surface area contributed by atoms with Gasteiger partial charge in [-0.1, -0.05) is 18.2 Å². The summed E-state index contributed by atoms with van der Waals surface area (Å²) >= 11 is 0. The van der Waals surface area contributed by atoms with Crippen LogP contribution in [0.2, 0.25) is 0 Å². The van der Waals surface area contributed by atoms with Crippen molar-refractivity contribution >= 4 is 11.6 Å². The van der Waals surface area contributed by atoms with Crippen molar-refractivity contribution in [3.8, 4) is 5.75 Å². The van der Waals surface area contributed by atoms with Crippen molar-refractivity contribution in [2.45, 2.75) is 25.4 Å². The molecule has 1 aliphatic rings. The summed E-state index contributed by atoms with van der Waals surface area (Å²) in [5, 5.41) is 6.63. The average Bonchev–Trinajstić information content (AvgIpc) is 3.22. The van der Waals surface area contributed by atoms with Crippen molar-refractivity contribution in [3.63, 3.8) is 0 Å². The third-order valence-electron chi connectivity index (χ3n) is 5.13. The summed E-state index contributed by atoms with van der Waals surface area (Å²) in [4.78, 5) is 6.01. The second-order valence-electron chi connectivity index (χ2n) is 7.41. The summed E-state index contributed by atoms with van der Waals surface area (Å²) in [6, 6.07) is 11.9. The van der Waals surface area contributed by atoms with Crippen molar-refractivity contribution < 1.29 is 18.3 Å². The summed E-state index contributed by atoms with van der Waals surface area (Å²) in [5.74, 6) is 0.393. The predicted molar refractivity (Wildman–Crippen MR) is 119 cm³/mol. The molecule has 1 fully saturated rings. The minimum Gasteiger partial charge on any atom is -0.493 e. The number of anilines is 1. The van der Waals surface area contributed by atoms with Crippen molar-refractivity contribution in [2.75, 3.05) is 45.4 Å². The van der Waals surface area contributed by atoms with Gasteiger partial charge in [-0.15, -0.1) is 0 Å². The molecule has 1 atom stereocenters. The van der Waals surface area contributed by atoms with E-state index in [0.717, 1.165) is 24.2 Å². The Morgan fingerprint density at radius 3 is 2.68 bits per heavy atom. The van der Waals surface area contributed by atoms with Crippen LogP contribution in [0.25, 0.3) is 0 Å². The lowest BCUT2D eigenvalue weighted by Gasteiger charge is -2.21. The van der Waals surface area contributed by atoms with E-state index >= 15 is 0 Å². The van der Waals surface area contributed by atoms with Gasteiger partial charge in [0.15, 0.2) is 5.96 Å². The van der Waals surface area contributed by atoms with E-state index in [1.54, 1.807) is 19.1 Å². The molecule has 31 heavy (non-hydrogen) atoms. The quantitative estimate of drug-likeness (QED) is 0.362. The number of nitrogens with zero attached hydrogens (tertiary/aromatic N) is 2. The highest BCUT2D eigenvalue weighted by Crippen LogP contribution is 2.26. The van der Waals surface area contributed by atoms with Crippen LogP contribution in [0.3, 0.4) is 0 Å². The SMILES string of the molecule is CN=C(NCc1cccc(OCCCOC)c1)NC1CCN(c2c(F)cccc2F)C1. The minimum atomic E-state index is -0.535. The smallest absolute Gasteiger partial charge is 0.191 e. The van der Waals surface area contributed by atoms with Gasteiger partial charge in [0, 0.05) is 52.9 Å². The fourth-order valence-electron chi connectivity index (χ4n) is 3.58. The van der Waals surface area contributed by atoms with E-state index in [2.05, 4.69) is 15.6 Å². The standard InChI is InChI=1S/C23H30F2N4O2/c1-26-23(27-15-17-6-3-7-19(14-17)31-13-5-12-30-2)28-18-10-11-29(16-18)22-20(24)8-4-9-21(22)25/h3-4,6-9,14,18H,5,10-13,15-16H2,1-2H3,(H2,26,27,28). The molecule has 0 aliphatic carbocycles. The fraction of sp³-hybridized carbons (Fsp3) is 0.435. The number of hydrogen-bond acceptors (Lipinski definition) is 4. The molecular weight excluding hydrogens is 402 g/mol. The molecule has 3 rings (SSSR count). The van der Waals surface area contributed by atoms with E-state index in [1.807, 2.05) is 24.3 Å². The first-order chi connectivity index (χ1) is 15.1. The number of methoxy groups -OCH3 is 1. The molecule has 168 valence electrons. The highest BCUT2D eigenvalue weighted by atomic mass is 19.1. The van der Waals surface area contributed by atoms with Crippen LogP contribution in [-0.2, 0) is 11.3 Å². The Balaban J connectivity index is 1.49. The molecule has 1 saturated heterocycles. The van der Waals surface area contributed by atoms with Gasteiger partial charge < -0.3 is 25.0 Å². The molecule has 2 aromatic carbocycles. The van der Waals surface area contributed by atoms with Crippen LogP contribution >= 0.6 is 0 Å². The lowest BCUT2D eigenvalue weighted by molar-refractivity contribution is 0.172. The third-order valence-corrected chi connectivity index (χ3v) is 5.13. The lowest BCUT2D eigenvalue weighted by Crippen LogP contribution is -2.44. The Hall–Kier alpha value is -2.87. The minimum absolute atomic E-state index is 0.0389. The Bertz CT molecular complexity index is 858. The van der Waals surface area contributed by atoms with E-state index in [4.69, 9.17) is 9.47 Å². The number of benzene rings is 2. The van der Waals surface area contributed by atoms with E-state index < -0.39 is 11.6 Å². The van der Waals surface area contributed by atoms with Gasteiger partial charge in [-0.25, -0.2) is 8.78 Å². The van der Waals surface area contributed by atoms with E-state index in [9.17, 15) is 8.78 Å². The van der Waals surface area contributed by atoms with Gasteiger partial charge >= 0.3 is 0 Å². The Kier molecular flexibility index (Phi) is 8.46. The third kappa shape index (κ3) is 6.55. The topological polar surface area (TPSA) is 58.1 Å². The maximum Gasteiger partial charge on any atom is 0.191 e. The summed E-state index contributed by atoms with van der Waals surface area (Å²) in [7, 11) is 3.38. The van der Waals surface area contributed by atoms with Crippen LogP contribution in [0.5, 0.6) is 5.75 Å². The summed E-state index contributed by atoms with van der Waals surface area (Å²) in [5.41, 5.74) is 1.10. The van der Waals surface area contributed by atoms with Crippen molar-refractivity contribution in [2.24, 2.45) is 4.99 Å². The number of hydrogen-bond donors (Lipinski definition) is 2. The highest BCUT2D eigenvalue weighted by molar-refractivity contribution is 5.80. The van der Waals surface area contributed by atoms with Crippen molar-refractivity contribution in [1.82, 2.24) is 10.6 Å². The lowest BCUT2D eigenvalue weighted by atomic mass is 10.2. The molecule has 6 nitrogen and oxygen atoms in total. The molecule has 0 bridgehead atoms. The summed E-state index contributed by atoms with van der Waals surface area (Å²) in [6.45, 7) is 2.94. The van der Waals surface area contributed by atoms with Gasteiger partial charge in [-0.05, 0) is 36.2 Å². The second-order valence-corrected chi connectivity index (χ2v) is 7.41. The maximum atomic E-state index is 14.1. The molecule has 0 aromatic heterocycles. The van der Waals surface area contributed by atoms with Crippen LogP contribution in [-0.4, -0.2) is 52.5 Å². The first-order valence-electron chi connectivity index (χ1n) is 10.5. The van der Waals surface area contributed by atoms with Gasteiger partial charge in [0.25, 0.3) is 0 Å². The molecule has 8 heteroatoms. The highest BCUT2D eigenvalue weighted by Gasteiger charge is 2.27. The molecule has 1 heterocycles. The second kappa shape index (κ2) is 11.5. The van der Waals surface area contributed by atoms with E-state index in [-0.39, 0.29) is 11.7 Å². The average molecular weight is 433 g/mol. The number of halogens is 2. The molecule has 2 N–H and O–H groups in total. The number of ether oxygens (including phenoxy) is 2. The van der Waals surface area contributed by atoms with Crippen LogP contribution < -0.4 is 20.3 Å². The Morgan fingerprint density at radius 1 is 1.16 bits per heavy atom. The number of guanidine groups is 1. The van der Waals surface area contributed by atoms with Crippen LogP contribution in [0.1, 0.15) is 18.4 Å². The first-order valence-corrected chi connectivity index (χ1v) is 10.5. The van der Waals surface area contributed by atoms with Gasteiger partial charge in [-0.3, -0.25) is 4.99 Å². The summed E-state index contributed by atoms with van der Waals surface area (Å²) in [6.07, 6.45) is 1.60. The van der Waals surface area contributed by atoms with Crippen LogP contribution in [0.4, 0.5) is 14.5 Å². The van der Waals surface area contributed by atoms with Gasteiger partial charge in [-0.2, -0.15) is 0 Å². The Morgan fingerprint density at radius 2 is 1.94 bits per heavy atom.